The largest absolute Gasteiger partial charge is 0.397 e. The van der Waals surface area contributed by atoms with Gasteiger partial charge in [0.25, 0.3) is 0 Å². The number of rotatable bonds is 7. The first-order valence-corrected chi connectivity index (χ1v) is 14.7. The van der Waals surface area contributed by atoms with Crippen molar-refractivity contribution < 1.29 is 17.2 Å². The number of hydrogen-bond acceptors (Lipinski definition) is 3. The molecule has 0 bridgehead atoms. The number of hydrogen-bond donors (Lipinski definition) is 1. The van der Waals surface area contributed by atoms with E-state index in [0.29, 0.717) is 30.1 Å². The first-order chi connectivity index (χ1) is 15.3. The third-order valence-electron chi connectivity index (χ3n) is 10.8. The molecule has 8 atom stereocenters. The maximum absolute atomic E-state index is 11.2. The maximum atomic E-state index is 11.2. The molecule has 188 valence electrons. The second-order valence-corrected chi connectivity index (χ2v) is 13.8. The van der Waals surface area contributed by atoms with Gasteiger partial charge in [-0.2, -0.15) is 8.42 Å². The standard InChI is InChI=1S/C28H46O4S/c1-18(2)19(3)7-8-20(4)24-11-12-25-23-10-9-21-17-22(32-33(29,30)31)13-15-27(21,5)26(23)14-16-28(24,25)6/h9,18,20,22-26H,3,7-8,10-17H2,1-2,4-6H3,(H,29,30,31)/t20-,22+,23?,24-,25?,26?,27+,28-/m1/s1. The summed E-state index contributed by atoms with van der Waals surface area (Å²) in [7, 11) is -4.39. The minimum Gasteiger partial charge on any atom is -0.264 e. The highest BCUT2D eigenvalue weighted by molar-refractivity contribution is 7.80. The van der Waals surface area contributed by atoms with Gasteiger partial charge in [0.2, 0.25) is 0 Å². The van der Waals surface area contributed by atoms with Crippen LogP contribution in [0.5, 0.6) is 0 Å². The molecule has 0 aliphatic heterocycles. The summed E-state index contributed by atoms with van der Waals surface area (Å²) in [6, 6.07) is 0. The highest BCUT2D eigenvalue weighted by atomic mass is 32.3. The SMILES string of the molecule is C=C(CC[C@@H](C)[C@H]1CCC2C3CC=C4C[C@@H](OS(=O)(=O)O)CC[C@]4(C)C3CC[C@@]21C)C(C)C. The van der Waals surface area contributed by atoms with Gasteiger partial charge in [0.05, 0.1) is 6.10 Å². The van der Waals surface area contributed by atoms with Gasteiger partial charge in [-0.25, -0.2) is 4.18 Å². The molecule has 5 heteroatoms. The molecule has 33 heavy (non-hydrogen) atoms. The first-order valence-electron chi connectivity index (χ1n) is 13.4. The molecule has 0 aromatic rings. The summed E-state index contributed by atoms with van der Waals surface area (Å²) in [4.78, 5) is 0. The highest BCUT2D eigenvalue weighted by Crippen LogP contribution is 2.67. The summed E-state index contributed by atoms with van der Waals surface area (Å²) < 4.78 is 36.6. The molecule has 4 rings (SSSR count). The molecule has 3 fully saturated rings. The average molecular weight is 479 g/mol. The van der Waals surface area contributed by atoms with Crippen LogP contribution in [0.1, 0.15) is 98.8 Å². The van der Waals surface area contributed by atoms with E-state index in [4.69, 9.17) is 8.74 Å². The summed E-state index contributed by atoms with van der Waals surface area (Å²) in [5, 5.41) is 0. The van der Waals surface area contributed by atoms with E-state index in [1.54, 1.807) is 0 Å². The van der Waals surface area contributed by atoms with Crippen molar-refractivity contribution >= 4 is 10.4 Å². The van der Waals surface area contributed by atoms with Crippen LogP contribution in [0.25, 0.3) is 0 Å². The predicted molar refractivity (Wildman–Crippen MR) is 134 cm³/mol. The summed E-state index contributed by atoms with van der Waals surface area (Å²) >= 11 is 0. The Morgan fingerprint density at radius 3 is 2.55 bits per heavy atom. The summed E-state index contributed by atoms with van der Waals surface area (Å²) in [5.74, 6) is 4.40. The molecule has 3 unspecified atom stereocenters. The fraction of sp³-hybridized carbons (Fsp3) is 0.857. The zero-order valence-corrected chi connectivity index (χ0v) is 22.3. The van der Waals surface area contributed by atoms with Crippen molar-refractivity contribution in [2.24, 2.45) is 46.3 Å². The first kappa shape index (κ1) is 25.4. The van der Waals surface area contributed by atoms with E-state index < -0.39 is 16.5 Å². The zero-order valence-electron chi connectivity index (χ0n) is 21.5. The number of fused-ring (bicyclic) bond motifs is 5. The van der Waals surface area contributed by atoms with E-state index in [9.17, 15) is 8.42 Å². The molecule has 0 radical (unpaired) electrons. The second kappa shape index (κ2) is 9.09. The van der Waals surface area contributed by atoms with E-state index in [2.05, 4.69) is 47.3 Å². The topological polar surface area (TPSA) is 63.6 Å². The Labute approximate surface area is 202 Å². The predicted octanol–water partition coefficient (Wildman–Crippen LogP) is 7.38. The van der Waals surface area contributed by atoms with Gasteiger partial charge in [-0.1, -0.05) is 58.4 Å². The van der Waals surface area contributed by atoms with Gasteiger partial charge in [0.15, 0.2) is 0 Å². The van der Waals surface area contributed by atoms with E-state index in [-0.39, 0.29) is 5.41 Å². The van der Waals surface area contributed by atoms with E-state index in [0.717, 1.165) is 36.5 Å². The van der Waals surface area contributed by atoms with Crippen LogP contribution in [0.15, 0.2) is 23.8 Å². The number of allylic oxidation sites excluding steroid dienone is 2. The Balaban J connectivity index is 1.47. The Bertz CT molecular complexity index is 890. The molecule has 0 heterocycles. The van der Waals surface area contributed by atoms with Crippen LogP contribution in [0.3, 0.4) is 0 Å². The molecule has 4 aliphatic carbocycles. The van der Waals surface area contributed by atoms with Crippen LogP contribution in [-0.4, -0.2) is 19.1 Å². The summed E-state index contributed by atoms with van der Waals surface area (Å²) in [6.45, 7) is 16.4. The fourth-order valence-corrected chi connectivity index (χ4v) is 9.27. The summed E-state index contributed by atoms with van der Waals surface area (Å²) in [5.41, 5.74) is 3.38. The van der Waals surface area contributed by atoms with Crippen molar-refractivity contribution in [3.8, 4) is 0 Å². The minimum absolute atomic E-state index is 0.155. The van der Waals surface area contributed by atoms with Gasteiger partial charge in [0, 0.05) is 0 Å². The van der Waals surface area contributed by atoms with Crippen molar-refractivity contribution in [2.45, 2.75) is 105 Å². The van der Waals surface area contributed by atoms with Crippen molar-refractivity contribution in [1.82, 2.24) is 0 Å². The van der Waals surface area contributed by atoms with Crippen molar-refractivity contribution in [3.05, 3.63) is 23.8 Å². The van der Waals surface area contributed by atoms with Crippen LogP contribution < -0.4 is 0 Å². The lowest BCUT2D eigenvalue weighted by Gasteiger charge is -2.58. The van der Waals surface area contributed by atoms with Crippen molar-refractivity contribution in [2.75, 3.05) is 0 Å². The molecule has 0 amide bonds. The lowest BCUT2D eigenvalue weighted by atomic mass is 9.47. The average Bonchev–Trinajstić information content (AvgIpc) is 3.08. The molecular formula is C28H46O4S. The van der Waals surface area contributed by atoms with E-state index in [1.165, 1.54) is 49.7 Å². The molecule has 4 nitrogen and oxygen atoms in total. The van der Waals surface area contributed by atoms with Crippen molar-refractivity contribution in [3.63, 3.8) is 0 Å². The van der Waals surface area contributed by atoms with Gasteiger partial charge in [-0.05, 0) is 111 Å². The van der Waals surface area contributed by atoms with Crippen LogP contribution >= 0.6 is 0 Å². The lowest BCUT2D eigenvalue weighted by Crippen LogP contribution is -2.51. The summed E-state index contributed by atoms with van der Waals surface area (Å²) in [6.07, 6.45) is 13.2. The molecule has 0 aromatic carbocycles. The Kier molecular flexibility index (Phi) is 7.01. The van der Waals surface area contributed by atoms with Crippen LogP contribution in [0.4, 0.5) is 0 Å². The van der Waals surface area contributed by atoms with Gasteiger partial charge < -0.3 is 0 Å². The van der Waals surface area contributed by atoms with E-state index in [1.807, 2.05) is 0 Å². The van der Waals surface area contributed by atoms with Crippen LogP contribution in [0, 0.1) is 46.3 Å². The van der Waals surface area contributed by atoms with Gasteiger partial charge in [-0.15, -0.1) is 0 Å². The second-order valence-electron chi connectivity index (χ2n) is 12.7. The monoisotopic (exact) mass is 478 g/mol. The van der Waals surface area contributed by atoms with Crippen LogP contribution in [0.2, 0.25) is 0 Å². The Hall–Kier alpha value is -0.650. The minimum atomic E-state index is -4.39. The molecule has 4 aliphatic rings. The smallest absolute Gasteiger partial charge is 0.264 e. The molecule has 1 N–H and O–H groups in total. The van der Waals surface area contributed by atoms with E-state index >= 15 is 0 Å². The van der Waals surface area contributed by atoms with Gasteiger partial charge in [0.1, 0.15) is 0 Å². The third-order valence-corrected chi connectivity index (χ3v) is 11.3. The molecular weight excluding hydrogens is 432 g/mol. The molecule has 0 spiro atoms. The van der Waals surface area contributed by atoms with Crippen LogP contribution in [-0.2, 0) is 14.6 Å². The Morgan fingerprint density at radius 1 is 1.15 bits per heavy atom. The zero-order chi connectivity index (χ0) is 24.2. The Morgan fingerprint density at radius 2 is 1.88 bits per heavy atom. The quantitative estimate of drug-likeness (QED) is 0.306. The normalized spacial score (nSPS) is 41.7. The van der Waals surface area contributed by atoms with Gasteiger partial charge >= 0.3 is 10.4 Å². The highest BCUT2D eigenvalue weighted by Gasteiger charge is 2.59. The third kappa shape index (κ3) is 4.76. The molecule has 0 aromatic heterocycles. The van der Waals surface area contributed by atoms with Crippen molar-refractivity contribution in [1.29, 1.82) is 0 Å². The molecule has 0 saturated heterocycles. The van der Waals surface area contributed by atoms with Gasteiger partial charge in [-0.3, -0.25) is 4.55 Å². The lowest BCUT2D eigenvalue weighted by molar-refractivity contribution is -0.0559. The molecule has 3 saturated carbocycles. The fourth-order valence-electron chi connectivity index (χ4n) is 8.76. The maximum Gasteiger partial charge on any atom is 0.397 e.